The third-order valence-electron chi connectivity index (χ3n) is 5.35. The Bertz CT molecular complexity index is 422. The summed E-state index contributed by atoms with van der Waals surface area (Å²) in [5.74, 6) is 1.09. The summed E-state index contributed by atoms with van der Waals surface area (Å²) >= 11 is 0. The highest BCUT2D eigenvalue weighted by Gasteiger charge is 2.63. The average Bonchev–Trinajstić information content (AvgIpc) is 2.67. The summed E-state index contributed by atoms with van der Waals surface area (Å²) in [5.41, 5.74) is 1.81. The topological polar surface area (TPSA) is 32.3 Å². The van der Waals surface area contributed by atoms with Crippen LogP contribution in [0.5, 0.6) is 5.75 Å². The summed E-state index contributed by atoms with van der Waals surface area (Å²) in [6.45, 7) is 12.5. The summed E-state index contributed by atoms with van der Waals surface area (Å²) < 4.78 is 0. The van der Waals surface area contributed by atoms with Gasteiger partial charge in [0.1, 0.15) is 5.75 Å². The number of phenolic OH excluding ortho intramolecular Hbond substituents is 1. The smallest absolute Gasteiger partial charge is 0.120 e. The predicted molar refractivity (Wildman–Crippen MR) is 75.6 cm³/mol. The van der Waals surface area contributed by atoms with Gasteiger partial charge in [-0.15, -0.1) is 0 Å². The molecule has 2 N–H and O–H groups in total. The molecule has 0 heterocycles. The number of phenols is 1. The fraction of sp³-hybridized carbons (Fsp3) is 0.625. The maximum atomic E-state index is 9.83. The van der Waals surface area contributed by atoms with Crippen molar-refractivity contribution in [3.8, 4) is 5.75 Å². The lowest BCUT2D eigenvalue weighted by atomic mass is 10.0. The highest BCUT2D eigenvalue weighted by atomic mass is 16.3. The van der Waals surface area contributed by atoms with Crippen molar-refractivity contribution in [3.05, 3.63) is 29.8 Å². The standard InChI is InChI=1S/C16H25NO/c1-11(12-8-6-7-9-13(12)18)17-10-14-15(2,3)16(14,4)5/h6-9,11,14,17-18H,10H2,1-5H3. The minimum atomic E-state index is 0.193. The van der Waals surface area contributed by atoms with Crippen LogP contribution in [-0.2, 0) is 0 Å². The normalized spacial score (nSPS) is 22.7. The first-order chi connectivity index (χ1) is 8.28. The first-order valence-electron chi connectivity index (χ1n) is 6.79. The molecule has 18 heavy (non-hydrogen) atoms. The van der Waals surface area contributed by atoms with Crippen LogP contribution >= 0.6 is 0 Å². The Morgan fingerprint density at radius 2 is 1.72 bits per heavy atom. The van der Waals surface area contributed by atoms with Gasteiger partial charge in [-0.05, 0) is 36.3 Å². The van der Waals surface area contributed by atoms with E-state index in [4.69, 9.17) is 0 Å². The first kappa shape index (κ1) is 13.4. The van der Waals surface area contributed by atoms with Gasteiger partial charge in [0.15, 0.2) is 0 Å². The molecule has 100 valence electrons. The highest BCUT2D eigenvalue weighted by Crippen LogP contribution is 2.68. The van der Waals surface area contributed by atoms with Gasteiger partial charge in [-0.2, -0.15) is 0 Å². The van der Waals surface area contributed by atoms with Gasteiger partial charge in [-0.1, -0.05) is 45.9 Å². The van der Waals surface area contributed by atoms with E-state index in [0.29, 0.717) is 22.5 Å². The van der Waals surface area contributed by atoms with Crippen LogP contribution in [0.4, 0.5) is 0 Å². The molecule has 1 fully saturated rings. The van der Waals surface area contributed by atoms with Crippen molar-refractivity contribution >= 4 is 0 Å². The quantitative estimate of drug-likeness (QED) is 0.849. The third-order valence-corrected chi connectivity index (χ3v) is 5.35. The predicted octanol–water partition coefficient (Wildman–Crippen LogP) is 3.73. The second-order valence-electron chi connectivity index (χ2n) is 6.68. The van der Waals surface area contributed by atoms with Crippen molar-refractivity contribution in [2.45, 2.75) is 40.7 Å². The van der Waals surface area contributed by atoms with Gasteiger partial charge in [0.25, 0.3) is 0 Å². The molecule has 1 aromatic carbocycles. The zero-order valence-corrected chi connectivity index (χ0v) is 12.1. The number of benzene rings is 1. The lowest BCUT2D eigenvalue weighted by Gasteiger charge is -2.16. The molecule has 1 aromatic rings. The van der Waals surface area contributed by atoms with Crippen LogP contribution in [0, 0.1) is 16.7 Å². The molecule has 1 saturated carbocycles. The van der Waals surface area contributed by atoms with Crippen LogP contribution in [0.15, 0.2) is 24.3 Å². The van der Waals surface area contributed by atoms with Crippen molar-refractivity contribution in [2.24, 2.45) is 16.7 Å². The Morgan fingerprint density at radius 3 is 2.22 bits per heavy atom. The van der Waals surface area contributed by atoms with Gasteiger partial charge < -0.3 is 10.4 Å². The van der Waals surface area contributed by atoms with Crippen molar-refractivity contribution < 1.29 is 5.11 Å². The SMILES string of the molecule is CC(NCC1C(C)(C)C1(C)C)c1ccccc1O. The fourth-order valence-electron chi connectivity index (χ4n) is 3.10. The maximum Gasteiger partial charge on any atom is 0.120 e. The zero-order chi connectivity index (χ0) is 13.6. The van der Waals surface area contributed by atoms with E-state index in [1.165, 1.54) is 0 Å². The molecule has 0 saturated heterocycles. The van der Waals surface area contributed by atoms with Crippen LogP contribution in [0.2, 0.25) is 0 Å². The van der Waals surface area contributed by atoms with Gasteiger partial charge in [0.05, 0.1) is 0 Å². The van der Waals surface area contributed by atoms with Gasteiger partial charge >= 0.3 is 0 Å². The monoisotopic (exact) mass is 247 g/mol. The van der Waals surface area contributed by atoms with E-state index in [2.05, 4.69) is 39.9 Å². The van der Waals surface area contributed by atoms with E-state index < -0.39 is 0 Å². The Morgan fingerprint density at radius 1 is 1.17 bits per heavy atom. The number of para-hydroxylation sites is 1. The molecular weight excluding hydrogens is 222 g/mol. The molecule has 0 aliphatic heterocycles. The molecule has 2 nitrogen and oxygen atoms in total. The Balaban J connectivity index is 1.95. The van der Waals surface area contributed by atoms with E-state index in [0.717, 1.165) is 12.1 Å². The lowest BCUT2D eigenvalue weighted by molar-refractivity contribution is 0.442. The molecule has 1 unspecified atom stereocenters. The Labute approximate surface area is 110 Å². The highest BCUT2D eigenvalue weighted by molar-refractivity contribution is 5.34. The van der Waals surface area contributed by atoms with Gasteiger partial charge in [-0.3, -0.25) is 0 Å². The second-order valence-corrected chi connectivity index (χ2v) is 6.68. The molecule has 0 amide bonds. The van der Waals surface area contributed by atoms with Crippen LogP contribution in [-0.4, -0.2) is 11.7 Å². The van der Waals surface area contributed by atoms with Crippen LogP contribution in [0.25, 0.3) is 0 Å². The molecule has 2 heteroatoms. The summed E-state index contributed by atoms with van der Waals surface area (Å²) in [6.07, 6.45) is 0. The summed E-state index contributed by atoms with van der Waals surface area (Å²) in [4.78, 5) is 0. The lowest BCUT2D eigenvalue weighted by Crippen LogP contribution is -2.23. The van der Waals surface area contributed by atoms with E-state index >= 15 is 0 Å². The van der Waals surface area contributed by atoms with Crippen molar-refractivity contribution in [1.82, 2.24) is 5.32 Å². The molecule has 1 atom stereocenters. The molecule has 1 aliphatic rings. The largest absolute Gasteiger partial charge is 0.508 e. The molecule has 0 radical (unpaired) electrons. The second kappa shape index (κ2) is 4.27. The third kappa shape index (κ3) is 2.03. The number of rotatable bonds is 4. The summed E-state index contributed by atoms with van der Waals surface area (Å²) in [5, 5.41) is 13.4. The van der Waals surface area contributed by atoms with Crippen molar-refractivity contribution in [3.63, 3.8) is 0 Å². The van der Waals surface area contributed by atoms with E-state index in [-0.39, 0.29) is 6.04 Å². The summed E-state index contributed by atoms with van der Waals surface area (Å²) in [7, 11) is 0. The Kier molecular flexibility index (Phi) is 3.18. The number of hydrogen-bond donors (Lipinski definition) is 2. The van der Waals surface area contributed by atoms with E-state index in [9.17, 15) is 5.11 Å². The first-order valence-corrected chi connectivity index (χ1v) is 6.79. The van der Waals surface area contributed by atoms with Crippen LogP contribution < -0.4 is 5.32 Å². The summed E-state index contributed by atoms with van der Waals surface area (Å²) in [6, 6.07) is 7.75. The fourth-order valence-corrected chi connectivity index (χ4v) is 3.10. The van der Waals surface area contributed by atoms with E-state index in [1.807, 2.05) is 18.2 Å². The average molecular weight is 247 g/mol. The molecule has 0 spiro atoms. The molecule has 0 aromatic heterocycles. The zero-order valence-electron chi connectivity index (χ0n) is 12.1. The van der Waals surface area contributed by atoms with Crippen LogP contribution in [0.3, 0.4) is 0 Å². The molecule has 1 aliphatic carbocycles. The number of nitrogens with one attached hydrogen (secondary N) is 1. The van der Waals surface area contributed by atoms with Gasteiger partial charge in [-0.25, -0.2) is 0 Å². The van der Waals surface area contributed by atoms with Gasteiger partial charge in [0, 0.05) is 11.6 Å². The minimum Gasteiger partial charge on any atom is -0.508 e. The molecule has 0 bridgehead atoms. The number of aromatic hydroxyl groups is 1. The van der Waals surface area contributed by atoms with Crippen molar-refractivity contribution in [1.29, 1.82) is 0 Å². The van der Waals surface area contributed by atoms with Crippen molar-refractivity contribution in [2.75, 3.05) is 6.54 Å². The minimum absolute atomic E-state index is 0.193. The molecular formula is C16H25NO. The number of hydrogen-bond acceptors (Lipinski definition) is 2. The van der Waals surface area contributed by atoms with E-state index in [1.54, 1.807) is 6.07 Å². The van der Waals surface area contributed by atoms with Crippen LogP contribution in [0.1, 0.15) is 46.2 Å². The molecule has 2 rings (SSSR count). The Hall–Kier alpha value is -1.02. The maximum absolute atomic E-state index is 9.83. The van der Waals surface area contributed by atoms with Gasteiger partial charge in [0.2, 0.25) is 0 Å².